The smallest absolute Gasteiger partial charge is 0.230 e. The molecule has 1 amide bonds. The van der Waals surface area contributed by atoms with Crippen LogP contribution in [-0.4, -0.2) is 34.8 Å². The molecule has 6 heteroatoms. The zero-order chi connectivity index (χ0) is 20.9. The molecule has 1 aliphatic carbocycles. The molecule has 3 heterocycles. The lowest BCUT2D eigenvalue weighted by Crippen LogP contribution is -2.52. The Morgan fingerprint density at radius 1 is 1.07 bits per heavy atom. The van der Waals surface area contributed by atoms with Gasteiger partial charge in [-0.05, 0) is 75.3 Å². The van der Waals surface area contributed by atoms with E-state index in [2.05, 4.69) is 15.2 Å². The lowest BCUT2D eigenvalue weighted by atomic mass is 9.92. The Morgan fingerprint density at radius 3 is 2.27 bits per heavy atom. The Hall–Kier alpha value is -2.40. The fourth-order valence-electron chi connectivity index (χ4n) is 5.28. The van der Waals surface area contributed by atoms with Gasteiger partial charge in [-0.25, -0.2) is 4.98 Å². The summed E-state index contributed by atoms with van der Waals surface area (Å²) in [4.78, 5) is 31.6. The van der Waals surface area contributed by atoms with Gasteiger partial charge in [0.15, 0.2) is 5.78 Å². The highest BCUT2D eigenvalue weighted by Crippen LogP contribution is 2.49. The first-order valence-corrected chi connectivity index (χ1v) is 11.2. The fourth-order valence-corrected chi connectivity index (χ4v) is 5.41. The van der Waals surface area contributed by atoms with Crippen LogP contribution >= 0.6 is 11.6 Å². The number of ketones is 1. The number of hydrogen-bond donors (Lipinski definition) is 1. The third-order valence-electron chi connectivity index (χ3n) is 7.07. The minimum Gasteiger partial charge on any atom is -0.352 e. The number of aromatic nitrogens is 1. The normalized spacial score (nSPS) is 26.3. The van der Waals surface area contributed by atoms with Crippen LogP contribution in [0, 0.1) is 0 Å². The summed E-state index contributed by atoms with van der Waals surface area (Å²) in [6.07, 6.45) is 7.60. The zero-order valence-corrected chi connectivity index (χ0v) is 17.9. The van der Waals surface area contributed by atoms with Crippen molar-refractivity contribution in [1.29, 1.82) is 0 Å². The highest BCUT2D eigenvalue weighted by molar-refractivity contribution is 6.30. The Kier molecular flexibility index (Phi) is 4.81. The van der Waals surface area contributed by atoms with Gasteiger partial charge in [0.05, 0.1) is 5.41 Å². The van der Waals surface area contributed by atoms with E-state index in [4.69, 9.17) is 11.6 Å². The van der Waals surface area contributed by atoms with Gasteiger partial charge in [0.2, 0.25) is 5.91 Å². The largest absolute Gasteiger partial charge is 0.352 e. The first kappa shape index (κ1) is 19.6. The number of carbonyl (C=O) groups excluding carboxylic acids is 2. The molecule has 2 aliphatic heterocycles. The van der Waals surface area contributed by atoms with Crippen LogP contribution in [0.5, 0.6) is 0 Å². The van der Waals surface area contributed by atoms with E-state index in [1.807, 2.05) is 36.4 Å². The molecule has 2 unspecified atom stereocenters. The lowest BCUT2D eigenvalue weighted by Gasteiger charge is -2.40. The molecule has 2 saturated heterocycles. The first-order valence-electron chi connectivity index (χ1n) is 10.8. The van der Waals surface area contributed by atoms with Crippen LogP contribution in [0.3, 0.4) is 0 Å². The van der Waals surface area contributed by atoms with Crippen LogP contribution in [0.1, 0.15) is 61.4 Å². The number of Topliss-reactive ketones (excluding diaryl/α,β-unsaturated/α-hetero) is 1. The highest BCUT2D eigenvalue weighted by Gasteiger charge is 2.52. The van der Waals surface area contributed by atoms with Crippen LogP contribution in [0.2, 0.25) is 5.02 Å². The number of carbonyl (C=O) groups is 2. The number of rotatable bonds is 5. The quantitative estimate of drug-likeness (QED) is 0.729. The Balaban J connectivity index is 1.26. The molecule has 1 aromatic carbocycles. The monoisotopic (exact) mass is 423 g/mol. The molecule has 1 saturated carbocycles. The van der Waals surface area contributed by atoms with Crippen LogP contribution in [0.25, 0.3) is 0 Å². The summed E-state index contributed by atoms with van der Waals surface area (Å²) < 4.78 is 0. The van der Waals surface area contributed by atoms with Crippen molar-refractivity contribution >= 4 is 29.1 Å². The molecular formula is C24H26ClN3O2. The van der Waals surface area contributed by atoms with E-state index >= 15 is 0 Å². The molecule has 0 radical (unpaired) electrons. The van der Waals surface area contributed by atoms with Crippen LogP contribution in [0.4, 0.5) is 5.82 Å². The van der Waals surface area contributed by atoms with Crippen molar-refractivity contribution in [3.63, 3.8) is 0 Å². The molecule has 3 aliphatic rings. The van der Waals surface area contributed by atoms with Gasteiger partial charge < -0.3 is 10.2 Å². The van der Waals surface area contributed by atoms with Gasteiger partial charge in [-0.2, -0.15) is 0 Å². The van der Waals surface area contributed by atoms with Crippen molar-refractivity contribution in [3.05, 3.63) is 58.7 Å². The second-order valence-corrected chi connectivity index (χ2v) is 9.42. The average Bonchev–Trinajstić information content (AvgIpc) is 3.50. The number of pyridine rings is 1. The number of hydrogen-bond acceptors (Lipinski definition) is 4. The maximum Gasteiger partial charge on any atom is 0.230 e. The predicted octanol–water partition coefficient (Wildman–Crippen LogP) is 4.29. The van der Waals surface area contributed by atoms with Crippen molar-refractivity contribution in [2.24, 2.45) is 0 Å². The van der Waals surface area contributed by atoms with Crippen molar-refractivity contribution in [2.45, 2.75) is 69.0 Å². The van der Waals surface area contributed by atoms with Gasteiger partial charge in [-0.15, -0.1) is 0 Å². The zero-order valence-electron chi connectivity index (χ0n) is 17.1. The summed E-state index contributed by atoms with van der Waals surface area (Å²) >= 11 is 6.02. The highest BCUT2D eigenvalue weighted by atomic mass is 35.5. The molecule has 30 heavy (non-hydrogen) atoms. The Labute approximate surface area is 181 Å². The Bertz CT molecular complexity index is 955. The third-order valence-corrected chi connectivity index (χ3v) is 7.32. The summed E-state index contributed by atoms with van der Waals surface area (Å²) in [5.74, 6) is 1.14. The molecule has 156 valence electrons. The third kappa shape index (κ3) is 3.39. The van der Waals surface area contributed by atoms with Crippen molar-refractivity contribution in [3.8, 4) is 0 Å². The van der Waals surface area contributed by atoms with Crippen LogP contribution < -0.4 is 10.2 Å². The summed E-state index contributed by atoms with van der Waals surface area (Å²) in [7, 11) is 0. The molecule has 5 nitrogen and oxygen atoms in total. The summed E-state index contributed by atoms with van der Waals surface area (Å²) in [5.41, 5.74) is 1.34. The van der Waals surface area contributed by atoms with Gasteiger partial charge in [0.25, 0.3) is 0 Å². The van der Waals surface area contributed by atoms with E-state index in [1.54, 1.807) is 13.1 Å². The topological polar surface area (TPSA) is 62.3 Å². The van der Waals surface area contributed by atoms with Gasteiger partial charge in [0, 0.05) is 34.9 Å². The van der Waals surface area contributed by atoms with E-state index in [-0.39, 0.29) is 23.1 Å². The van der Waals surface area contributed by atoms with Gasteiger partial charge in [-0.3, -0.25) is 9.59 Å². The van der Waals surface area contributed by atoms with Crippen molar-refractivity contribution < 1.29 is 9.59 Å². The molecule has 3 fully saturated rings. The SMILES string of the molecule is CC(=O)c1ccc(N2C3CCC2CC(NC(=O)C2(c4ccc(Cl)cc4)CC2)C3)nc1. The molecule has 1 N–H and O–H groups in total. The average molecular weight is 424 g/mol. The Morgan fingerprint density at radius 2 is 1.73 bits per heavy atom. The summed E-state index contributed by atoms with van der Waals surface area (Å²) in [6, 6.07) is 12.5. The standard InChI is InChI=1S/C24H26ClN3O2/c1-15(29)16-2-9-22(26-14-16)28-20-7-8-21(28)13-19(12-20)27-23(30)24(10-11-24)17-3-5-18(25)6-4-17/h2-6,9,14,19-21H,7-8,10-13H2,1H3,(H,27,30). The number of nitrogens with zero attached hydrogens (tertiary/aromatic N) is 2. The van der Waals surface area contributed by atoms with E-state index in [0.717, 1.165) is 49.9 Å². The van der Waals surface area contributed by atoms with Crippen molar-refractivity contribution in [1.82, 2.24) is 10.3 Å². The van der Waals surface area contributed by atoms with E-state index in [1.165, 1.54) is 0 Å². The van der Waals surface area contributed by atoms with Gasteiger partial charge in [0.1, 0.15) is 5.82 Å². The lowest BCUT2D eigenvalue weighted by molar-refractivity contribution is -0.124. The first-order chi connectivity index (χ1) is 14.5. The number of anilines is 1. The van der Waals surface area contributed by atoms with E-state index < -0.39 is 0 Å². The molecule has 2 aromatic rings. The van der Waals surface area contributed by atoms with E-state index in [9.17, 15) is 9.59 Å². The predicted molar refractivity (Wildman–Crippen MR) is 117 cm³/mol. The fraction of sp³-hybridized carbons (Fsp3) is 0.458. The minimum atomic E-state index is -0.370. The second kappa shape index (κ2) is 7.38. The summed E-state index contributed by atoms with van der Waals surface area (Å²) in [6.45, 7) is 1.56. The van der Waals surface area contributed by atoms with Crippen LogP contribution in [0.15, 0.2) is 42.6 Å². The number of amides is 1. The van der Waals surface area contributed by atoms with Gasteiger partial charge in [-0.1, -0.05) is 23.7 Å². The maximum absolute atomic E-state index is 13.2. The van der Waals surface area contributed by atoms with E-state index in [0.29, 0.717) is 22.7 Å². The number of fused-ring (bicyclic) bond motifs is 2. The van der Waals surface area contributed by atoms with Crippen LogP contribution in [-0.2, 0) is 10.2 Å². The number of halogens is 1. The number of nitrogens with one attached hydrogen (secondary N) is 1. The number of benzene rings is 1. The van der Waals surface area contributed by atoms with Gasteiger partial charge >= 0.3 is 0 Å². The molecule has 2 atom stereocenters. The van der Waals surface area contributed by atoms with Crippen molar-refractivity contribution in [2.75, 3.05) is 4.90 Å². The molecular weight excluding hydrogens is 398 g/mol. The molecule has 5 rings (SSSR count). The maximum atomic E-state index is 13.2. The molecule has 2 bridgehead atoms. The molecule has 1 aromatic heterocycles. The number of piperidine rings is 1. The molecule has 0 spiro atoms. The second-order valence-electron chi connectivity index (χ2n) is 8.98. The minimum absolute atomic E-state index is 0.0353. The summed E-state index contributed by atoms with van der Waals surface area (Å²) in [5, 5.41) is 4.07.